The van der Waals surface area contributed by atoms with Crippen LogP contribution in [0.15, 0.2) is 48.8 Å². The molecule has 46 heavy (non-hydrogen) atoms. The Hall–Kier alpha value is -3.55. The maximum Gasteiger partial charge on any atom is 0.339 e. The number of aromatic nitrogens is 2. The molecule has 246 valence electrons. The minimum atomic E-state index is -1.12. The van der Waals surface area contributed by atoms with Crippen molar-refractivity contribution in [3.8, 4) is 5.75 Å². The quantitative estimate of drug-likeness (QED) is 0.221. The van der Waals surface area contributed by atoms with Crippen molar-refractivity contribution in [2.45, 2.75) is 83.4 Å². The topological polar surface area (TPSA) is 140 Å². The molecular weight excluding hydrogens is 594 g/mol. The molecule has 0 radical (unpaired) electrons. The first-order chi connectivity index (χ1) is 22.2. The molecule has 2 bridgehead atoms. The van der Waals surface area contributed by atoms with Crippen LogP contribution in [0.4, 0.5) is 5.69 Å². The second-order valence-electron chi connectivity index (χ2n) is 13.3. The largest absolute Gasteiger partial charge is 0.493 e. The van der Waals surface area contributed by atoms with Gasteiger partial charge in [-0.1, -0.05) is 26.0 Å². The van der Waals surface area contributed by atoms with Crippen molar-refractivity contribution >= 4 is 28.6 Å². The minimum Gasteiger partial charge on any atom is -0.493 e. The van der Waals surface area contributed by atoms with E-state index in [2.05, 4.69) is 24.1 Å². The number of anilines is 1. The summed E-state index contributed by atoms with van der Waals surface area (Å²) in [7, 11) is 0. The molecule has 8 atom stereocenters. The van der Waals surface area contributed by atoms with Crippen LogP contribution in [0, 0.1) is 23.7 Å². The fourth-order valence-electron chi connectivity index (χ4n) is 7.89. The predicted octanol–water partition coefficient (Wildman–Crippen LogP) is 5.37. The van der Waals surface area contributed by atoms with Crippen LogP contribution in [0.2, 0.25) is 0 Å². The van der Waals surface area contributed by atoms with E-state index in [-0.39, 0.29) is 48.1 Å². The number of nitrogens with one attached hydrogen (secondary N) is 1. The summed E-state index contributed by atoms with van der Waals surface area (Å²) in [5.41, 5.74) is 1.44. The summed E-state index contributed by atoms with van der Waals surface area (Å²) < 4.78 is 26.8. The third-order valence-electron chi connectivity index (χ3n) is 10.3. The first kappa shape index (κ1) is 31.1. The SMILES string of the molecule is C[C@H]1[C@@H](OCCCOc2cc(NC(=O)Cn3cnc4ccccc43)ccc2C(=O)O)O[C@@H]2O[C@@]3(C)CCC4[C@H](C)CC[C@@H]1[C@]42OO3. The van der Waals surface area contributed by atoms with Crippen molar-refractivity contribution in [3.63, 3.8) is 0 Å². The van der Waals surface area contributed by atoms with Gasteiger partial charge in [-0.2, -0.15) is 0 Å². The molecule has 2 aromatic carbocycles. The summed E-state index contributed by atoms with van der Waals surface area (Å²) in [6, 6.07) is 12.1. The number of hydrogen-bond donors (Lipinski definition) is 2. The molecule has 1 saturated carbocycles. The monoisotopic (exact) mass is 635 g/mol. The summed E-state index contributed by atoms with van der Waals surface area (Å²) >= 11 is 0. The highest BCUT2D eigenvalue weighted by atomic mass is 17.3. The molecule has 1 aliphatic carbocycles. The van der Waals surface area contributed by atoms with Crippen LogP contribution in [-0.4, -0.2) is 63.7 Å². The van der Waals surface area contributed by atoms with Gasteiger partial charge in [-0.3, -0.25) is 4.79 Å². The van der Waals surface area contributed by atoms with Gasteiger partial charge >= 0.3 is 5.97 Å². The molecule has 1 spiro atoms. The minimum absolute atomic E-state index is 0.00594. The maximum atomic E-state index is 12.8. The lowest BCUT2D eigenvalue weighted by Gasteiger charge is -2.60. The van der Waals surface area contributed by atoms with E-state index in [0.717, 1.165) is 36.7 Å². The molecule has 3 aromatic rings. The van der Waals surface area contributed by atoms with Crippen molar-refractivity contribution in [2.24, 2.45) is 23.7 Å². The number of aromatic carboxylic acids is 1. The summed E-state index contributed by atoms with van der Waals surface area (Å²) in [6.45, 7) is 6.93. The second kappa shape index (κ2) is 12.2. The van der Waals surface area contributed by atoms with Crippen molar-refractivity contribution in [1.29, 1.82) is 0 Å². The Morgan fingerprint density at radius 2 is 1.93 bits per heavy atom. The molecule has 5 aliphatic rings. The van der Waals surface area contributed by atoms with Crippen LogP contribution >= 0.6 is 0 Å². The first-order valence-corrected chi connectivity index (χ1v) is 16.2. The number of hydrogen-bond acceptors (Lipinski definition) is 9. The van der Waals surface area contributed by atoms with Crippen molar-refractivity contribution in [1.82, 2.24) is 9.55 Å². The molecule has 12 nitrogen and oxygen atoms in total. The average Bonchev–Trinajstić information content (AvgIpc) is 3.29. The summed E-state index contributed by atoms with van der Waals surface area (Å²) in [5.74, 6) is -1.09. The van der Waals surface area contributed by atoms with Crippen LogP contribution in [0.1, 0.15) is 63.2 Å². The average molecular weight is 636 g/mol. The van der Waals surface area contributed by atoms with Crippen LogP contribution in [0.3, 0.4) is 0 Å². The smallest absolute Gasteiger partial charge is 0.339 e. The van der Waals surface area contributed by atoms with Gasteiger partial charge in [0, 0.05) is 36.4 Å². The standard InChI is InChI=1S/C34H41N3O9/c1-20-9-12-25-21(2)31(43-32-34(25)24(20)13-14-33(3,44-32)45-46-34)42-16-6-15-41-28-17-22(10-11-23(28)30(39)40)36-29(38)18-37-19-35-26-7-4-5-8-27(26)37/h4-5,7-8,10-11,17,19-21,24-25,31-32H,6,9,12-16,18H2,1-3H3,(H,36,38)(H,39,40)/t20-,21-,24?,25+,31+,32-,33-,34-/m1/s1. The summed E-state index contributed by atoms with van der Waals surface area (Å²) in [6.07, 6.45) is 4.86. The van der Waals surface area contributed by atoms with Gasteiger partial charge in [0.15, 0.2) is 18.2 Å². The van der Waals surface area contributed by atoms with E-state index in [0.29, 0.717) is 24.6 Å². The summed E-state index contributed by atoms with van der Waals surface area (Å²) in [4.78, 5) is 41.1. The van der Waals surface area contributed by atoms with Crippen LogP contribution in [0.5, 0.6) is 5.75 Å². The number of carboxylic acids is 1. The molecule has 4 aliphatic heterocycles. The Morgan fingerprint density at radius 1 is 1.09 bits per heavy atom. The van der Waals surface area contributed by atoms with Gasteiger partial charge in [0.1, 0.15) is 17.9 Å². The molecule has 1 aromatic heterocycles. The van der Waals surface area contributed by atoms with E-state index in [1.54, 1.807) is 17.0 Å². The number of carbonyl (C=O) groups is 2. The molecule has 1 unspecified atom stereocenters. The highest BCUT2D eigenvalue weighted by Gasteiger charge is 2.69. The number of para-hydroxylation sites is 2. The van der Waals surface area contributed by atoms with Crippen molar-refractivity contribution < 1.29 is 43.4 Å². The zero-order chi connectivity index (χ0) is 32.1. The molecule has 12 heteroatoms. The number of carboxylic acid groups (broad SMARTS) is 1. The number of benzene rings is 2. The van der Waals surface area contributed by atoms with E-state index in [9.17, 15) is 14.7 Å². The van der Waals surface area contributed by atoms with Gasteiger partial charge in [0.25, 0.3) is 0 Å². The zero-order valence-corrected chi connectivity index (χ0v) is 26.3. The lowest BCUT2D eigenvalue weighted by molar-refractivity contribution is -0.577. The number of rotatable bonds is 10. The fraction of sp³-hybridized carbons (Fsp3) is 0.559. The van der Waals surface area contributed by atoms with E-state index < -0.39 is 29.9 Å². The number of nitrogens with zero attached hydrogens (tertiary/aromatic N) is 2. The van der Waals surface area contributed by atoms with Crippen LogP contribution < -0.4 is 10.1 Å². The lowest BCUT2D eigenvalue weighted by Crippen LogP contribution is -2.70. The fourth-order valence-corrected chi connectivity index (χ4v) is 7.89. The van der Waals surface area contributed by atoms with E-state index in [1.165, 1.54) is 12.1 Å². The molecular formula is C34H41N3O9. The number of imidazole rings is 1. The third-order valence-corrected chi connectivity index (χ3v) is 10.3. The first-order valence-electron chi connectivity index (χ1n) is 16.2. The van der Waals surface area contributed by atoms with Gasteiger partial charge in [-0.25, -0.2) is 19.6 Å². The van der Waals surface area contributed by atoms with Crippen LogP contribution in [0.25, 0.3) is 11.0 Å². The number of ether oxygens (including phenoxy) is 4. The molecule has 4 saturated heterocycles. The molecule has 5 fully saturated rings. The Labute approximate surface area is 267 Å². The Morgan fingerprint density at radius 3 is 2.78 bits per heavy atom. The second-order valence-corrected chi connectivity index (χ2v) is 13.3. The Bertz CT molecular complexity index is 1610. The van der Waals surface area contributed by atoms with Gasteiger partial charge in [0.05, 0.1) is 30.6 Å². The molecule has 5 heterocycles. The van der Waals surface area contributed by atoms with E-state index >= 15 is 0 Å². The van der Waals surface area contributed by atoms with E-state index in [4.69, 9.17) is 28.7 Å². The van der Waals surface area contributed by atoms with Gasteiger partial charge in [0.2, 0.25) is 11.7 Å². The van der Waals surface area contributed by atoms with Gasteiger partial charge in [-0.15, -0.1) is 0 Å². The molecule has 2 N–H and O–H groups in total. The molecule has 1 amide bonds. The normalized spacial score (nSPS) is 33.3. The van der Waals surface area contributed by atoms with Gasteiger partial charge < -0.3 is 33.9 Å². The maximum absolute atomic E-state index is 12.8. The summed E-state index contributed by atoms with van der Waals surface area (Å²) in [5, 5.41) is 12.6. The van der Waals surface area contributed by atoms with Crippen molar-refractivity contribution in [3.05, 3.63) is 54.4 Å². The molecule has 8 rings (SSSR count). The van der Waals surface area contributed by atoms with Crippen LogP contribution in [-0.2, 0) is 35.3 Å². The van der Waals surface area contributed by atoms with Gasteiger partial charge in [-0.05, 0) is 62.3 Å². The van der Waals surface area contributed by atoms with Crippen molar-refractivity contribution in [2.75, 3.05) is 18.5 Å². The predicted molar refractivity (Wildman–Crippen MR) is 165 cm³/mol. The number of amides is 1. The highest BCUT2D eigenvalue weighted by molar-refractivity contribution is 5.95. The van der Waals surface area contributed by atoms with E-state index in [1.807, 2.05) is 31.2 Å². The Kier molecular flexibility index (Phi) is 8.26. The number of carbonyl (C=O) groups excluding carboxylic acids is 1. The third kappa shape index (κ3) is 5.56. The Balaban J connectivity index is 0.953. The highest BCUT2D eigenvalue weighted by Crippen LogP contribution is 2.60. The number of fused-ring (bicyclic) bond motifs is 3. The lowest BCUT2D eigenvalue weighted by atomic mass is 9.58. The zero-order valence-electron chi connectivity index (χ0n) is 26.3.